The molecule has 28 heavy (non-hydrogen) atoms. The standard InChI is InChI=1S/C21H20ClN3O3/c1-27-16-11-9-15(10-12-16)19-23-20(28-24-19)17-8-5-13-25(17)21(26)18(22)14-6-3-2-4-7-14/h2-4,6-7,9-12,17-18H,5,8,13H2,1H3. The summed E-state index contributed by atoms with van der Waals surface area (Å²) >= 11 is 6.45. The minimum atomic E-state index is -0.731. The number of alkyl halides is 1. The van der Waals surface area contributed by atoms with Crippen LogP contribution in [0.1, 0.15) is 35.7 Å². The fourth-order valence-electron chi connectivity index (χ4n) is 3.43. The maximum Gasteiger partial charge on any atom is 0.249 e. The molecule has 3 aromatic rings. The molecule has 2 atom stereocenters. The van der Waals surface area contributed by atoms with Gasteiger partial charge in [0.15, 0.2) is 0 Å². The number of likely N-dealkylation sites (tertiary alicyclic amines) is 1. The van der Waals surface area contributed by atoms with Gasteiger partial charge in [-0.3, -0.25) is 4.79 Å². The fourth-order valence-corrected chi connectivity index (χ4v) is 3.70. The van der Waals surface area contributed by atoms with E-state index in [0.29, 0.717) is 18.3 Å². The topological polar surface area (TPSA) is 68.5 Å². The second-order valence-corrected chi connectivity index (χ2v) is 7.08. The molecule has 1 aliphatic rings. The average molecular weight is 398 g/mol. The van der Waals surface area contributed by atoms with Crippen molar-refractivity contribution in [3.8, 4) is 17.1 Å². The van der Waals surface area contributed by atoms with Gasteiger partial charge in [0.05, 0.1) is 7.11 Å². The van der Waals surface area contributed by atoms with Crippen molar-refractivity contribution < 1.29 is 14.1 Å². The van der Waals surface area contributed by atoms with Crippen LogP contribution in [0.15, 0.2) is 59.1 Å². The number of carbonyl (C=O) groups excluding carboxylic acids is 1. The van der Waals surface area contributed by atoms with Gasteiger partial charge in [-0.15, -0.1) is 11.6 Å². The Labute approximate surface area is 168 Å². The predicted molar refractivity (Wildman–Crippen MR) is 105 cm³/mol. The van der Waals surface area contributed by atoms with E-state index < -0.39 is 5.38 Å². The van der Waals surface area contributed by atoms with Crippen LogP contribution >= 0.6 is 11.6 Å². The molecule has 0 bridgehead atoms. The Morgan fingerprint density at radius 3 is 2.68 bits per heavy atom. The van der Waals surface area contributed by atoms with Crippen molar-refractivity contribution in [2.45, 2.75) is 24.3 Å². The zero-order chi connectivity index (χ0) is 19.5. The summed E-state index contributed by atoms with van der Waals surface area (Å²) in [5.41, 5.74) is 1.61. The smallest absolute Gasteiger partial charge is 0.249 e. The van der Waals surface area contributed by atoms with Crippen molar-refractivity contribution >= 4 is 17.5 Å². The van der Waals surface area contributed by atoms with E-state index in [1.807, 2.05) is 54.6 Å². The van der Waals surface area contributed by atoms with Crippen LogP contribution in [-0.4, -0.2) is 34.6 Å². The first-order chi connectivity index (χ1) is 13.7. The SMILES string of the molecule is COc1ccc(-c2noc(C3CCCN3C(=O)C(Cl)c3ccccc3)n2)cc1. The number of carbonyl (C=O) groups is 1. The van der Waals surface area contributed by atoms with Gasteiger partial charge < -0.3 is 14.2 Å². The zero-order valence-electron chi connectivity index (χ0n) is 15.4. The normalized spacial score (nSPS) is 17.5. The molecule has 1 amide bonds. The Balaban J connectivity index is 1.53. The van der Waals surface area contributed by atoms with Crippen LogP contribution in [0, 0.1) is 0 Å². The minimum Gasteiger partial charge on any atom is -0.497 e. The molecule has 1 fully saturated rings. The van der Waals surface area contributed by atoms with Gasteiger partial charge in [-0.05, 0) is 42.7 Å². The Bertz CT molecular complexity index is 943. The molecule has 0 radical (unpaired) electrons. The van der Waals surface area contributed by atoms with E-state index in [2.05, 4.69) is 10.1 Å². The third kappa shape index (κ3) is 3.60. The van der Waals surface area contributed by atoms with Crippen molar-refractivity contribution in [1.29, 1.82) is 0 Å². The molecule has 1 saturated heterocycles. The monoisotopic (exact) mass is 397 g/mol. The molecule has 1 aromatic heterocycles. The Kier molecular flexibility index (Phi) is 5.30. The lowest BCUT2D eigenvalue weighted by atomic mass is 10.1. The molecular formula is C21H20ClN3O3. The number of halogens is 1. The molecule has 7 heteroatoms. The number of hydrogen-bond donors (Lipinski definition) is 0. The number of ether oxygens (including phenoxy) is 1. The lowest BCUT2D eigenvalue weighted by molar-refractivity contribution is -0.132. The van der Waals surface area contributed by atoms with Gasteiger partial charge in [0, 0.05) is 12.1 Å². The Hall–Kier alpha value is -2.86. The Morgan fingerprint density at radius 2 is 1.96 bits per heavy atom. The average Bonchev–Trinajstić information content (AvgIpc) is 3.43. The molecule has 0 saturated carbocycles. The highest BCUT2D eigenvalue weighted by molar-refractivity contribution is 6.30. The van der Waals surface area contributed by atoms with Gasteiger partial charge in [-0.25, -0.2) is 0 Å². The van der Waals surface area contributed by atoms with Crippen molar-refractivity contribution in [3.05, 3.63) is 66.1 Å². The predicted octanol–water partition coefficient (Wildman–Crippen LogP) is 4.39. The molecular weight excluding hydrogens is 378 g/mol. The van der Waals surface area contributed by atoms with E-state index in [9.17, 15) is 4.79 Å². The third-order valence-electron chi connectivity index (χ3n) is 4.92. The maximum absolute atomic E-state index is 13.0. The van der Waals surface area contributed by atoms with Gasteiger partial charge >= 0.3 is 0 Å². The molecule has 0 N–H and O–H groups in total. The second-order valence-electron chi connectivity index (χ2n) is 6.65. The van der Waals surface area contributed by atoms with Crippen LogP contribution in [0.5, 0.6) is 5.75 Å². The highest BCUT2D eigenvalue weighted by Gasteiger charge is 2.37. The molecule has 2 aromatic carbocycles. The molecule has 0 aliphatic carbocycles. The van der Waals surface area contributed by atoms with Gasteiger partial charge in [0.1, 0.15) is 17.2 Å². The molecule has 144 valence electrons. The number of amides is 1. The summed E-state index contributed by atoms with van der Waals surface area (Å²) in [5, 5.41) is 3.35. The molecule has 2 heterocycles. The first-order valence-corrected chi connectivity index (χ1v) is 9.58. The maximum atomic E-state index is 13.0. The summed E-state index contributed by atoms with van der Waals surface area (Å²) in [6, 6.07) is 16.5. The molecule has 1 aliphatic heterocycles. The summed E-state index contributed by atoms with van der Waals surface area (Å²) in [4.78, 5) is 19.2. The van der Waals surface area contributed by atoms with E-state index in [1.54, 1.807) is 12.0 Å². The Morgan fingerprint density at radius 1 is 1.21 bits per heavy atom. The van der Waals surface area contributed by atoms with Crippen molar-refractivity contribution in [2.24, 2.45) is 0 Å². The lowest BCUT2D eigenvalue weighted by Gasteiger charge is -2.24. The quantitative estimate of drug-likeness (QED) is 0.597. The van der Waals surface area contributed by atoms with E-state index in [4.69, 9.17) is 20.9 Å². The second kappa shape index (κ2) is 8.02. The number of benzene rings is 2. The van der Waals surface area contributed by atoms with Crippen LogP contribution in [0.4, 0.5) is 0 Å². The van der Waals surface area contributed by atoms with E-state index in [1.165, 1.54) is 0 Å². The molecule has 6 nitrogen and oxygen atoms in total. The van der Waals surface area contributed by atoms with Crippen LogP contribution in [0.3, 0.4) is 0 Å². The number of hydrogen-bond acceptors (Lipinski definition) is 5. The van der Waals surface area contributed by atoms with Crippen molar-refractivity contribution in [2.75, 3.05) is 13.7 Å². The third-order valence-corrected chi connectivity index (χ3v) is 5.36. The summed E-state index contributed by atoms with van der Waals surface area (Å²) in [5.74, 6) is 1.55. The van der Waals surface area contributed by atoms with Gasteiger partial charge in [0.2, 0.25) is 17.6 Å². The van der Waals surface area contributed by atoms with E-state index in [0.717, 1.165) is 29.7 Å². The fraction of sp³-hybridized carbons (Fsp3) is 0.286. The zero-order valence-corrected chi connectivity index (χ0v) is 16.2. The van der Waals surface area contributed by atoms with Crippen LogP contribution in [-0.2, 0) is 4.79 Å². The highest BCUT2D eigenvalue weighted by atomic mass is 35.5. The summed E-state index contributed by atoms with van der Waals surface area (Å²) in [6.45, 7) is 0.625. The van der Waals surface area contributed by atoms with E-state index in [-0.39, 0.29) is 11.9 Å². The van der Waals surface area contributed by atoms with E-state index >= 15 is 0 Å². The summed E-state index contributed by atoms with van der Waals surface area (Å²) < 4.78 is 10.7. The van der Waals surface area contributed by atoms with Gasteiger partial charge in [0.25, 0.3) is 0 Å². The lowest BCUT2D eigenvalue weighted by Crippen LogP contribution is -2.33. The molecule has 0 spiro atoms. The first-order valence-electron chi connectivity index (χ1n) is 9.15. The number of rotatable bonds is 5. The van der Waals surface area contributed by atoms with Crippen LogP contribution in [0.25, 0.3) is 11.4 Å². The number of aromatic nitrogens is 2. The largest absolute Gasteiger partial charge is 0.497 e. The van der Waals surface area contributed by atoms with Gasteiger partial charge in [-0.1, -0.05) is 35.5 Å². The number of nitrogens with zero attached hydrogens (tertiary/aromatic N) is 3. The molecule has 2 unspecified atom stereocenters. The number of methoxy groups -OCH3 is 1. The van der Waals surface area contributed by atoms with Gasteiger partial charge in [-0.2, -0.15) is 4.98 Å². The summed E-state index contributed by atoms with van der Waals surface area (Å²) in [6.07, 6.45) is 1.64. The van der Waals surface area contributed by atoms with Crippen LogP contribution < -0.4 is 4.74 Å². The highest BCUT2D eigenvalue weighted by Crippen LogP contribution is 2.35. The van der Waals surface area contributed by atoms with Crippen molar-refractivity contribution in [1.82, 2.24) is 15.0 Å². The summed E-state index contributed by atoms with van der Waals surface area (Å²) in [7, 11) is 1.62. The molecule has 4 rings (SSSR count). The van der Waals surface area contributed by atoms with Crippen LogP contribution in [0.2, 0.25) is 0 Å². The minimum absolute atomic E-state index is 0.139. The van der Waals surface area contributed by atoms with Crippen molar-refractivity contribution in [3.63, 3.8) is 0 Å². The first kappa shape index (κ1) is 18.5.